The molecule has 21 heavy (non-hydrogen) atoms. The van der Waals surface area contributed by atoms with Crippen LogP contribution >= 0.6 is 0 Å². The number of nitrogens with one attached hydrogen (secondary N) is 1. The highest BCUT2D eigenvalue weighted by Gasteiger charge is 2.34. The molecule has 0 bridgehead atoms. The Labute approximate surface area is 128 Å². The minimum atomic E-state index is -0.336. The second-order valence-electron chi connectivity index (χ2n) is 6.54. The van der Waals surface area contributed by atoms with Gasteiger partial charge in [0.15, 0.2) is 0 Å². The maximum Gasteiger partial charge on any atom is 0.407 e. The van der Waals surface area contributed by atoms with Crippen molar-refractivity contribution in [2.24, 2.45) is 5.92 Å². The molecule has 1 aliphatic heterocycles. The highest BCUT2D eigenvalue weighted by atomic mass is 16.5. The van der Waals surface area contributed by atoms with Gasteiger partial charge in [0.1, 0.15) is 0 Å². The van der Waals surface area contributed by atoms with E-state index in [4.69, 9.17) is 4.74 Å². The standard InChI is InChI=1S/C16H30N2O3/c1-3-21-16(20)17-14-9-13(12(2)19)10-18(11-14)15-7-5-4-6-8-15/h12-15,19H,3-11H2,1-2H3,(H,17,20). The Morgan fingerprint density at radius 1 is 1.33 bits per heavy atom. The molecule has 2 aliphatic rings. The molecule has 1 aliphatic carbocycles. The second-order valence-corrected chi connectivity index (χ2v) is 6.54. The van der Waals surface area contributed by atoms with Crippen LogP contribution in [0.15, 0.2) is 0 Å². The van der Waals surface area contributed by atoms with Gasteiger partial charge in [0, 0.05) is 25.2 Å². The van der Waals surface area contributed by atoms with Crippen molar-refractivity contribution in [2.75, 3.05) is 19.7 Å². The summed E-state index contributed by atoms with van der Waals surface area (Å²) >= 11 is 0. The minimum absolute atomic E-state index is 0.0827. The molecule has 5 nitrogen and oxygen atoms in total. The number of rotatable bonds is 4. The number of aliphatic hydroxyl groups is 1. The number of aliphatic hydroxyl groups excluding tert-OH is 1. The summed E-state index contributed by atoms with van der Waals surface area (Å²) in [5, 5.41) is 12.9. The van der Waals surface area contributed by atoms with E-state index in [0.29, 0.717) is 12.6 Å². The van der Waals surface area contributed by atoms with Gasteiger partial charge in [-0.05, 0) is 39.0 Å². The van der Waals surface area contributed by atoms with Gasteiger partial charge in [-0.15, -0.1) is 0 Å². The van der Waals surface area contributed by atoms with Gasteiger partial charge < -0.3 is 15.2 Å². The number of hydrogen-bond donors (Lipinski definition) is 2. The third-order valence-electron chi connectivity index (χ3n) is 4.88. The highest BCUT2D eigenvalue weighted by Crippen LogP contribution is 2.28. The van der Waals surface area contributed by atoms with Crippen molar-refractivity contribution in [1.29, 1.82) is 0 Å². The third-order valence-corrected chi connectivity index (χ3v) is 4.88. The van der Waals surface area contributed by atoms with E-state index in [1.807, 2.05) is 13.8 Å². The van der Waals surface area contributed by atoms with Crippen molar-refractivity contribution in [3.05, 3.63) is 0 Å². The van der Waals surface area contributed by atoms with E-state index in [1.54, 1.807) is 0 Å². The lowest BCUT2D eigenvalue weighted by atomic mass is 9.86. The fourth-order valence-corrected chi connectivity index (χ4v) is 3.71. The van der Waals surface area contributed by atoms with E-state index in [2.05, 4.69) is 10.2 Å². The molecule has 1 amide bonds. The number of carbonyl (C=O) groups excluding carboxylic acids is 1. The Kier molecular flexibility index (Phi) is 6.30. The molecule has 2 rings (SSSR count). The van der Waals surface area contributed by atoms with Gasteiger partial charge in [-0.3, -0.25) is 4.90 Å². The van der Waals surface area contributed by atoms with Gasteiger partial charge in [-0.1, -0.05) is 19.3 Å². The second kappa shape index (κ2) is 7.99. The molecule has 0 aromatic carbocycles. The molecule has 0 spiro atoms. The number of alkyl carbamates (subject to hydrolysis) is 1. The van der Waals surface area contributed by atoms with Crippen LogP contribution in [0.25, 0.3) is 0 Å². The van der Waals surface area contributed by atoms with Crippen LogP contribution in [0.2, 0.25) is 0 Å². The van der Waals surface area contributed by atoms with Gasteiger partial charge >= 0.3 is 6.09 Å². The van der Waals surface area contributed by atoms with Crippen molar-refractivity contribution in [1.82, 2.24) is 10.2 Å². The maximum absolute atomic E-state index is 11.7. The summed E-state index contributed by atoms with van der Waals surface area (Å²) in [7, 11) is 0. The van der Waals surface area contributed by atoms with Crippen molar-refractivity contribution in [3.63, 3.8) is 0 Å². The third kappa shape index (κ3) is 4.85. The van der Waals surface area contributed by atoms with E-state index in [9.17, 15) is 9.90 Å². The van der Waals surface area contributed by atoms with Gasteiger partial charge in [0.2, 0.25) is 0 Å². The van der Waals surface area contributed by atoms with Crippen LogP contribution in [0, 0.1) is 5.92 Å². The van der Waals surface area contributed by atoms with E-state index in [-0.39, 0.29) is 24.2 Å². The number of likely N-dealkylation sites (tertiary alicyclic amines) is 1. The van der Waals surface area contributed by atoms with Crippen LogP contribution in [-0.4, -0.2) is 54.0 Å². The molecule has 2 fully saturated rings. The molecule has 0 aromatic rings. The van der Waals surface area contributed by atoms with Crippen LogP contribution < -0.4 is 5.32 Å². The quantitative estimate of drug-likeness (QED) is 0.835. The lowest BCUT2D eigenvalue weighted by Crippen LogP contribution is -2.55. The summed E-state index contributed by atoms with van der Waals surface area (Å²) in [5.74, 6) is 0.229. The first-order valence-electron chi connectivity index (χ1n) is 8.45. The topological polar surface area (TPSA) is 61.8 Å². The van der Waals surface area contributed by atoms with Gasteiger partial charge in [-0.2, -0.15) is 0 Å². The van der Waals surface area contributed by atoms with Crippen LogP contribution in [0.5, 0.6) is 0 Å². The van der Waals surface area contributed by atoms with Crippen molar-refractivity contribution >= 4 is 6.09 Å². The molecule has 2 N–H and O–H groups in total. The molecular weight excluding hydrogens is 268 g/mol. The van der Waals surface area contributed by atoms with Gasteiger partial charge in [-0.25, -0.2) is 4.79 Å². The summed E-state index contributed by atoms with van der Waals surface area (Å²) in [6.45, 7) is 5.89. The zero-order valence-corrected chi connectivity index (χ0v) is 13.4. The number of hydrogen-bond acceptors (Lipinski definition) is 4. The van der Waals surface area contributed by atoms with Crippen LogP contribution in [0.1, 0.15) is 52.4 Å². The van der Waals surface area contributed by atoms with Gasteiger partial charge in [0.05, 0.1) is 12.7 Å². The van der Waals surface area contributed by atoms with E-state index in [1.165, 1.54) is 32.1 Å². The molecular formula is C16H30N2O3. The first-order valence-corrected chi connectivity index (χ1v) is 8.45. The average Bonchev–Trinajstić information content (AvgIpc) is 2.48. The summed E-state index contributed by atoms with van der Waals surface area (Å²) in [6.07, 6.45) is 6.61. The Bertz CT molecular complexity index is 329. The van der Waals surface area contributed by atoms with E-state index >= 15 is 0 Å². The minimum Gasteiger partial charge on any atom is -0.450 e. The smallest absolute Gasteiger partial charge is 0.407 e. The molecule has 0 radical (unpaired) electrons. The first-order chi connectivity index (χ1) is 10.1. The van der Waals surface area contributed by atoms with E-state index in [0.717, 1.165) is 19.5 Å². The summed E-state index contributed by atoms with van der Waals surface area (Å²) < 4.78 is 4.99. The monoisotopic (exact) mass is 298 g/mol. The Morgan fingerprint density at radius 3 is 2.67 bits per heavy atom. The first kappa shape index (κ1) is 16.6. The molecule has 1 heterocycles. The van der Waals surface area contributed by atoms with Gasteiger partial charge in [0.25, 0.3) is 0 Å². The van der Waals surface area contributed by atoms with Crippen molar-refractivity contribution in [2.45, 2.75) is 70.6 Å². The molecule has 1 saturated carbocycles. The molecule has 5 heteroatoms. The molecule has 122 valence electrons. The molecule has 0 aromatic heterocycles. The molecule has 3 unspecified atom stereocenters. The van der Waals surface area contributed by atoms with Crippen LogP contribution in [-0.2, 0) is 4.74 Å². The maximum atomic E-state index is 11.7. The normalized spacial score (nSPS) is 29.9. The van der Waals surface area contributed by atoms with Crippen LogP contribution in [0.4, 0.5) is 4.79 Å². The zero-order valence-electron chi connectivity index (χ0n) is 13.4. The van der Waals surface area contributed by atoms with Crippen molar-refractivity contribution in [3.8, 4) is 0 Å². The molecule has 1 saturated heterocycles. The highest BCUT2D eigenvalue weighted by molar-refractivity contribution is 5.67. The number of amides is 1. The predicted molar refractivity (Wildman–Crippen MR) is 82.2 cm³/mol. The summed E-state index contributed by atoms with van der Waals surface area (Å²) in [4.78, 5) is 14.1. The average molecular weight is 298 g/mol. The van der Waals surface area contributed by atoms with Crippen LogP contribution in [0.3, 0.4) is 0 Å². The Balaban J connectivity index is 1.95. The number of carbonyl (C=O) groups is 1. The lowest BCUT2D eigenvalue weighted by Gasteiger charge is -2.44. The Morgan fingerprint density at radius 2 is 2.05 bits per heavy atom. The fourth-order valence-electron chi connectivity index (χ4n) is 3.71. The Hall–Kier alpha value is -0.810. The predicted octanol–water partition coefficient (Wildman–Crippen LogP) is 2.14. The zero-order chi connectivity index (χ0) is 15.2. The van der Waals surface area contributed by atoms with Crippen molar-refractivity contribution < 1.29 is 14.6 Å². The number of ether oxygens (including phenoxy) is 1. The number of nitrogens with zero attached hydrogens (tertiary/aromatic N) is 1. The molecule has 3 atom stereocenters. The number of piperidine rings is 1. The summed E-state index contributed by atoms with van der Waals surface area (Å²) in [6, 6.07) is 0.700. The SMILES string of the molecule is CCOC(=O)NC1CC(C(C)O)CN(C2CCCCC2)C1. The summed E-state index contributed by atoms with van der Waals surface area (Å²) in [5.41, 5.74) is 0. The fraction of sp³-hybridized carbons (Fsp3) is 0.938. The van der Waals surface area contributed by atoms with E-state index < -0.39 is 0 Å². The largest absolute Gasteiger partial charge is 0.450 e. The lowest BCUT2D eigenvalue weighted by molar-refractivity contribution is 0.0201.